The summed E-state index contributed by atoms with van der Waals surface area (Å²) in [6, 6.07) is 0.983. The fraction of sp³-hybridized carbons (Fsp3) is 0.903. The quantitative estimate of drug-likeness (QED) is 0.0309. The number of aliphatic hydroxyl groups is 2. The van der Waals surface area contributed by atoms with Gasteiger partial charge < -0.3 is 53.1 Å². The van der Waals surface area contributed by atoms with Crippen molar-refractivity contribution in [2.75, 3.05) is 86.0 Å². The predicted octanol–water partition coefficient (Wildman–Crippen LogP) is 3.23. The van der Waals surface area contributed by atoms with Gasteiger partial charge >= 0.3 is 18.2 Å². The molecule has 0 aliphatic rings. The molecular formula is C31H66N3O11Si2+. The topological polar surface area (TPSA) is 171 Å². The highest BCUT2D eigenvalue weighted by Crippen LogP contribution is 2.19. The highest BCUT2D eigenvalue weighted by Gasteiger charge is 2.29. The third kappa shape index (κ3) is 27.8. The molecule has 0 aliphatic carbocycles. The number of ether oxygens (including phenoxy) is 5. The average molecular weight is 713 g/mol. The number of carbonyl (C=O) groups is 3. The molecule has 278 valence electrons. The zero-order valence-corrected chi connectivity index (χ0v) is 32.4. The van der Waals surface area contributed by atoms with E-state index in [4.69, 9.17) is 27.8 Å². The van der Waals surface area contributed by atoms with Crippen LogP contribution >= 0.6 is 0 Å². The van der Waals surface area contributed by atoms with Gasteiger partial charge in [-0.15, -0.1) is 0 Å². The Kier molecular flexibility index (Phi) is 24.3. The highest BCUT2D eigenvalue weighted by molar-refractivity contribution is 6.84. The third-order valence-corrected chi connectivity index (χ3v) is 13.0. The number of unbranched alkanes of at least 4 members (excludes halogenated alkanes) is 1. The van der Waals surface area contributed by atoms with Crippen molar-refractivity contribution in [2.24, 2.45) is 0 Å². The van der Waals surface area contributed by atoms with Crippen molar-refractivity contribution in [3.63, 3.8) is 0 Å². The maximum atomic E-state index is 12.3. The molecule has 0 fully saturated rings. The van der Waals surface area contributed by atoms with Crippen molar-refractivity contribution in [3.8, 4) is 0 Å². The first-order valence-corrected chi connectivity index (χ1v) is 23.6. The van der Waals surface area contributed by atoms with Crippen LogP contribution in [0.15, 0.2) is 0 Å². The molecule has 0 aromatic rings. The Labute approximate surface area is 285 Å². The standard InChI is InChI=1S/C31H65N3O11Si2/c1-9-11-19-40-23-27(35)25-43-30(38)32-15-12-17-34(3,22-29(37)42-10-2)18-13-16-33-31(39)44-26-28(36)24-41-20-14-21-47(7,8)45-46(4,5)6/h27-28,35-36H,9-26H2,1-8H3,(H-,32,33,38,39)/p+1. The molecule has 0 bridgehead atoms. The Morgan fingerprint density at radius 2 is 1.21 bits per heavy atom. The lowest BCUT2D eigenvalue weighted by molar-refractivity contribution is -0.902. The van der Waals surface area contributed by atoms with E-state index in [1.54, 1.807) is 6.92 Å². The minimum Gasteiger partial charge on any atom is -0.462 e. The van der Waals surface area contributed by atoms with Gasteiger partial charge in [-0.3, -0.25) is 0 Å². The molecule has 47 heavy (non-hydrogen) atoms. The van der Waals surface area contributed by atoms with E-state index in [9.17, 15) is 24.6 Å². The first kappa shape index (κ1) is 45.2. The van der Waals surface area contributed by atoms with Crippen LogP contribution in [0.25, 0.3) is 0 Å². The second-order valence-electron chi connectivity index (χ2n) is 13.7. The van der Waals surface area contributed by atoms with Crippen molar-refractivity contribution < 1.29 is 56.9 Å². The fourth-order valence-corrected chi connectivity index (χ4v) is 12.8. The Morgan fingerprint density at radius 3 is 1.66 bits per heavy atom. The minimum absolute atomic E-state index is 0.0798. The van der Waals surface area contributed by atoms with Crippen LogP contribution in [0.2, 0.25) is 38.8 Å². The number of hydrogen-bond acceptors (Lipinski definition) is 11. The maximum Gasteiger partial charge on any atom is 0.407 e. The summed E-state index contributed by atoms with van der Waals surface area (Å²) in [7, 11) is -1.38. The van der Waals surface area contributed by atoms with Gasteiger partial charge in [-0.2, -0.15) is 0 Å². The van der Waals surface area contributed by atoms with E-state index >= 15 is 0 Å². The molecular weight excluding hydrogens is 647 g/mol. The number of aliphatic hydroxyl groups excluding tert-OH is 2. The average Bonchev–Trinajstić information content (AvgIpc) is 2.96. The van der Waals surface area contributed by atoms with E-state index < -0.39 is 41.0 Å². The van der Waals surface area contributed by atoms with Crippen molar-refractivity contribution in [1.29, 1.82) is 0 Å². The second-order valence-corrected chi connectivity index (χ2v) is 22.7. The van der Waals surface area contributed by atoms with E-state index in [1.165, 1.54) is 0 Å². The van der Waals surface area contributed by atoms with Crippen LogP contribution in [0.5, 0.6) is 0 Å². The minimum atomic E-state index is -1.72. The van der Waals surface area contributed by atoms with E-state index in [0.717, 1.165) is 25.3 Å². The SMILES string of the molecule is CCCCOCC(O)COC(=O)NCCC[N+](C)(CCCNC(=O)OCC(O)COCCC[Si](C)(C)O[Si](C)(C)C)CC(=O)OCC. The summed E-state index contributed by atoms with van der Waals surface area (Å²) in [6.07, 6.45) is 0.802. The van der Waals surface area contributed by atoms with Crippen LogP contribution in [0.1, 0.15) is 46.0 Å². The molecule has 0 heterocycles. The molecule has 4 N–H and O–H groups in total. The summed E-state index contributed by atoms with van der Waals surface area (Å²) in [5.41, 5.74) is 0. The van der Waals surface area contributed by atoms with Gasteiger partial charge in [-0.1, -0.05) is 13.3 Å². The van der Waals surface area contributed by atoms with Gasteiger partial charge in [-0.25, -0.2) is 14.4 Å². The molecule has 0 rings (SSSR count). The Hall–Kier alpha value is -1.80. The number of nitrogens with zero attached hydrogens (tertiary/aromatic N) is 1. The Bertz CT molecular complexity index is 865. The number of hydrogen-bond donors (Lipinski definition) is 4. The van der Waals surface area contributed by atoms with Crippen LogP contribution in [0.4, 0.5) is 9.59 Å². The first-order valence-electron chi connectivity index (χ1n) is 17.0. The number of nitrogens with one attached hydrogen (secondary N) is 2. The van der Waals surface area contributed by atoms with Gasteiger partial charge in [0.1, 0.15) is 25.4 Å². The second kappa shape index (κ2) is 25.2. The lowest BCUT2D eigenvalue weighted by atomic mass is 10.2. The monoisotopic (exact) mass is 712 g/mol. The molecule has 0 aromatic heterocycles. The van der Waals surface area contributed by atoms with Crippen LogP contribution in [-0.4, -0.2) is 148 Å². The summed E-state index contributed by atoms with van der Waals surface area (Å²) in [5.74, 6) is -0.327. The smallest absolute Gasteiger partial charge is 0.407 e. The number of quaternary nitrogens is 1. The molecule has 0 saturated heterocycles. The summed E-state index contributed by atoms with van der Waals surface area (Å²) in [4.78, 5) is 36.4. The lowest BCUT2D eigenvalue weighted by Crippen LogP contribution is -2.50. The zero-order valence-electron chi connectivity index (χ0n) is 30.4. The summed E-state index contributed by atoms with van der Waals surface area (Å²) in [6.45, 7) is 17.9. The molecule has 0 saturated carbocycles. The van der Waals surface area contributed by atoms with E-state index in [0.29, 0.717) is 56.7 Å². The number of amides is 2. The van der Waals surface area contributed by atoms with Crippen LogP contribution in [-0.2, 0) is 32.6 Å². The van der Waals surface area contributed by atoms with Gasteiger partial charge in [0, 0.05) is 39.1 Å². The molecule has 3 unspecified atom stereocenters. The molecule has 0 spiro atoms. The van der Waals surface area contributed by atoms with E-state index in [1.807, 2.05) is 14.0 Å². The molecule has 14 nitrogen and oxygen atoms in total. The first-order chi connectivity index (χ1) is 22.0. The highest BCUT2D eigenvalue weighted by atomic mass is 28.4. The number of rotatable bonds is 28. The predicted molar refractivity (Wildman–Crippen MR) is 185 cm³/mol. The fourth-order valence-electron chi connectivity index (χ4n) is 4.80. The van der Waals surface area contributed by atoms with Crippen molar-refractivity contribution in [1.82, 2.24) is 10.6 Å². The summed E-state index contributed by atoms with van der Waals surface area (Å²) in [5, 5.41) is 25.3. The van der Waals surface area contributed by atoms with Crippen molar-refractivity contribution in [3.05, 3.63) is 0 Å². The van der Waals surface area contributed by atoms with Gasteiger partial charge in [0.25, 0.3) is 0 Å². The third-order valence-electron chi connectivity index (χ3n) is 6.83. The molecule has 2 amide bonds. The number of alkyl carbamates (subject to hydrolysis) is 2. The van der Waals surface area contributed by atoms with Crippen LogP contribution in [0.3, 0.4) is 0 Å². The Morgan fingerprint density at radius 1 is 0.723 bits per heavy atom. The number of esters is 1. The molecule has 0 aromatic carbocycles. The van der Waals surface area contributed by atoms with Crippen molar-refractivity contribution in [2.45, 2.75) is 96.9 Å². The van der Waals surface area contributed by atoms with Crippen LogP contribution < -0.4 is 10.6 Å². The van der Waals surface area contributed by atoms with Gasteiger partial charge in [0.2, 0.25) is 0 Å². The normalized spacial score (nSPS) is 14.5. The largest absolute Gasteiger partial charge is 0.462 e. The lowest BCUT2D eigenvalue weighted by Gasteiger charge is -2.33. The number of carbonyl (C=O) groups excluding carboxylic acids is 3. The summed E-state index contributed by atoms with van der Waals surface area (Å²) >= 11 is 0. The molecule has 0 aliphatic heterocycles. The maximum absolute atomic E-state index is 12.3. The van der Waals surface area contributed by atoms with Crippen LogP contribution in [0, 0.1) is 0 Å². The van der Waals surface area contributed by atoms with Gasteiger partial charge in [-0.05, 0) is 58.5 Å². The zero-order chi connectivity index (χ0) is 35.8. The molecule has 3 atom stereocenters. The van der Waals surface area contributed by atoms with E-state index in [-0.39, 0.29) is 45.5 Å². The molecule has 16 heteroatoms. The summed E-state index contributed by atoms with van der Waals surface area (Å²) < 4.78 is 32.9. The Balaban J connectivity index is 4.34. The number of likely N-dealkylation sites (N-methyl/N-ethyl adjacent to an activating group) is 1. The van der Waals surface area contributed by atoms with Gasteiger partial charge in [0.05, 0.1) is 40.0 Å². The van der Waals surface area contributed by atoms with Crippen molar-refractivity contribution >= 4 is 34.8 Å². The van der Waals surface area contributed by atoms with Gasteiger partial charge in [0.15, 0.2) is 23.2 Å². The van der Waals surface area contributed by atoms with E-state index in [2.05, 4.69) is 43.4 Å². The molecule has 0 radical (unpaired) electrons.